The van der Waals surface area contributed by atoms with E-state index in [-0.39, 0.29) is 11.7 Å². The van der Waals surface area contributed by atoms with Crippen LogP contribution in [0.1, 0.15) is 22.4 Å². The number of methoxy groups -OCH3 is 1. The van der Waals surface area contributed by atoms with E-state index in [4.69, 9.17) is 10.00 Å². The van der Waals surface area contributed by atoms with Crippen molar-refractivity contribution in [3.63, 3.8) is 0 Å². The Morgan fingerprint density at radius 2 is 2.08 bits per heavy atom. The maximum absolute atomic E-state index is 12.2. The Balaban J connectivity index is 2.12. The number of hydrogen-bond donors (Lipinski definition) is 1. The minimum Gasteiger partial charge on any atom is -0.380 e. The summed E-state index contributed by atoms with van der Waals surface area (Å²) in [6.45, 7) is 2.13. The zero-order valence-corrected chi connectivity index (χ0v) is 14.7. The topological polar surface area (TPSA) is 98.8 Å². The smallest absolute Gasteiger partial charge is 0.234 e. The predicted octanol–water partition coefficient (Wildman–Crippen LogP) is 3.01. The summed E-state index contributed by atoms with van der Waals surface area (Å²) in [6, 6.07) is 12.7. The lowest BCUT2D eigenvalue weighted by molar-refractivity contribution is -0.113. The molecule has 0 atom stereocenters. The largest absolute Gasteiger partial charge is 0.380 e. The van der Waals surface area contributed by atoms with Gasteiger partial charge in [0.2, 0.25) is 5.91 Å². The molecule has 1 amide bonds. The number of carbonyl (C=O) groups excluding carboxylic acids is 1. The molecule has 2 rings (SSSR count). The molecule has 0 radical (unpaired) electrons. The van der Waals surface area contributed by atoms with Crippen LogP contribution in [-0.4, -0.2) is 23.8 Å². The monoisotopic (exact) mass is 352 g/mol. The number of nitrogens with zero attached hydrogens (tertiary/aromatic N) is 3. The summed E-state index contributed by atoms with van der Waals surface area (Å²) in [5, 5.41) is 21.6. The van der Waals surface area contributed by atoms with E-state index in [0.29, 0.717) is 28.4 Å². The standard InChI is InChI=1S/C18H16N4O2S/c1-12-7-14(10-24-2)15(9-20)18(21-12)25-11-17(23)22-16-6-4-3-5-13(16)8-19/h3-7H,10-11H2,1-2H3,(H,22,23). The van der Waals surface area contributed by atoms with Gasteiger partial charge in [-0.2, -0.15) is 10.5 Å². The lowest BCUT2D eigenvalue weighted by Crippen LogP contribution is -2.15. The first-order valence-corrected chi connectivity index (χ1v) is 8.39. The van der Waals surface area contributed by atoms with E-state index in [2.05, 4.69) is 16.4 Å². The molecule has 0 saturated heterocycles. The molecule has 0 aliphatic heterocycles. The summed E-state index contributed by atoms with van der Waals surface area (Å²) in [5.74, 6) is -0.190. The lowest BCUT2D eigenvalue weighted by atomic mass is 10.1. The Kier molecular flexibility index (Phi) is 6.53. The summed E-state index contributed by atoms with van der Waals surface area (Å²) in [6.07, 6.45) is 0. The molecule has 1 N–H and O–H groups in total. The normalized spacial score (nSPS) is 9.92. The van der Waals surface area contributed by atoms with Crippen molar-refractivity contribution in [2.45, 2.75) is 18.6 Å². The number of aryl methyl sites for hydroxylation is 1. The highest BCUT2D eigenvalue weighted by atomic mass is 32.2. The Morgan fingerprint density at radius 1 is 1.32 bits per heavy atom. The third kappa shape index (κ3) is 4.80. The van der Waals surface area contributed by atoms with Crippen LogP contribution in [0.3, 0.4) is 0 Å². The van der Waals surface area contributed by atoms with Crippen LogP contribution in [-0.2, 0) is 16.1 Å². The van der Waals surface area contributed by atoms with Crippen molar-refractivity contribution in [3.8, 4) is 12.1 Å². The molecular weight excluding hydrogens is 336 g/mol. The van der Waals surface area contributed by atoms with Crippen molar-refractivity contribution in [2.75, 3.05) is 18.2 Å². The van der Waals surface area contributed by atoms with Gasteiger partial charge in [0, 0.05) is 12.8 Å². The highest BCUT2D eigenvalue weighted by Crippen LogP contribution is 2.25. The van der Waals surface area contributed by atoms with Gasteiger partial charge in [-0.15, -0.1) is 0 Å². The Morgan fingerprint density at radius 3 is 2.76 bits per heavy atom. The number of para-hydroxylation sites is 1. The SMILES string of the molecule is COCc1cc(C)nc(SCC(=O)Nc2ccccc2C#N)c1C#N. The molecule has 1 heterocycles. The van der Waals surface area contributed by atoms with Gasteiger partial charge in [0.05, 0.1) is 29.2 Å². The minimum absolute atomic E-state index is 0.0807. The Labute approximate surface area is 150 Å². The summed E-state index contributed by atoms with van der Waals surface area (Å²) in [5.41, 5.74) is 2.78. The van der Waals surface area contributed by atoms with Crippen molar-refractivity contribution in [1.82, 2.24) is 4.98 Å². The van der Waals surface area contributed by atoms with E-state index in [1.54, 1.807) is 37.4 Å². The molecule has 0 fully saturated rings. The number of benzene rings is 1. The predicted molar refractivity (Wildman–Crippen MR) is 94.9 cm³/mol. The van der Waals surface area contributed by atoms with Gasteiger partial charge in [0.15, 0.2) is 0 Å². The van der Waals surface area contributed by atoms with Crippen LogP contribution in [0.4, 0.5) is 5.69 Å². The maximum Gasteiger partial charge on any atom is 0.234 e. The summed E-state index contributed by atoms with van der Waals surface area (Å²) in [7, 11) is 1.56. The zero-order chi connectivity index (χ0) is 18.2. The van der Waals surface area contributed by atoms with E-state index < -0.39 is 0 Å². The average molecular weight is 352 g/mol. The van der Waals surface area contributed by atoms with Crippen molar-refractivity contribution in [1.29, 1.82) is 10.5 Å². The summed E-state index contributed by atoms with van der Waals surface area (Å²) >= 11 is 1.18. The number of nitrogens with one attached hydrogen (secondary N) is 1. The van der Waals surface area contributed by atoms with Crippen LogP contribution in [0.25, 0.3) is 0 Å². The van der Waals surface area contributed by atoms with Gasteiger partial charge in [-0.25, -0.2) is 4.98 Å². The van der Waals surface area contributed by atoms with Gasteiger partial charge in [-0.05, 0) is 30.7 Å². The molecule has 0 aliphatic carbocycles. The second-order valence-corrected chi connectivity index (χ2v) is 6.11. The number of carbonyl (C=O) groups is 1. The number of amides is 1. The van der Waals surface area contributed by atoms with Gasteiger partial charge < -0.3 is 10.1 Å². The molecule has 0 bridgehead atoms. The molecule has 0 saturated carbocycles. The Hall–Kier alpha value is -2.87. The van der Waals surface area contributed by atoms with Gasteiger partial charge in [-0.1, -0.05) is 23.9 Å². The van der Waals surface area contributed by atoms with Crippen LogP contribution in [0.5, 0.6) is 0 Å². The molecule has 7 heteroatoms. The van der Waals surface area contributed by atoms with Crippen molar-refractivity contribution < 1.29 is 9.53 Å². The average Bonchev–Trinajstić information content (AvgIpc) is 2.60. The number of ether oxygens (including phenoxy) is 1. The Bertz CT molecular complexity index is 868. The fourth-order valence-corrected chi connectivity index (χ4v) is 3.08. The number of nitriles is 2. The van der Waals surface area contributed by atoms with Gasteiger partial charge in [0.1, 0.15) is 17.2 Å². The molecule has 2 aromatic rings. The molecular formula is C18H16N4O2S. The van der Waals surface area contributed by atoms with Gasteiger partial charge in [0.25, 0.3) is 0 Å². The number of rotatable bonds is 6. The van der Waals surface area contributed by atoms with Crippen LogP contribution in [0.15, 0.2) is 35.4 Å². The number of anilines is 1. The van der Waals surface area contributed by atoms with Crippen molar-refractivity contribution in [3.05, 3.63) is 52.7 Å². The molecule has 6 nitrogen and oxygen atoms in total. The molecule has 126 valence electrons. The third-order valence-corrected chi connectivity index (χ3v) is 4.24. The maximum atomic E-state index is 12.2. The van der Waals surface area contributed by atoms with Crippen molar-refractivity contribution in [2.24, 2.45) is 0 Å². The van der Waals surface area contributed by atoms with E-state index >= 15 is 0 Å². The first kappa shape index (κ1) is 18.5. The first-order valence-electron chi connectivity index (χ1n) is 7.40. The second kappa shape index (κ2) is 8.84. The highest BCUT2D eigenvalue weighted by molar-refractivity contribution is 8.00. The highest BCUT2D eigenvalue weighted by Gasteiger charge is 2.14. The van der Waals surface area contributed by atoms with E-state index in [1.807, 2.05) is 13.0 Å². The summed E-state index contributed by atoms with van der Waals surface area (Å²) < 4.78 is 5.11. The lowest BCUT2D eigenvalue weighted by Gasteiger charge is -2.10. The van der Waals surface area contributed by atoms with Crippen molar-refractivity contribution >= 4 is 23.4 Å². The van der Waals surface area contributed by atoms with E-state index in [9.17, 15) is 10.1 Å². The third-order valence-electron chi connectivity index (χ3n) is 3.27. The minimum atomic E-state index is -0.270. The van der Waals surface area contributed by atoms with Crippen LogP contribution >= 0.6 is 11.8 Å². The molecule has 0 spiro atoms. The zero-order valence-electron chi connectivity index (χ0n) is 13.9. The van der Waals surface area contributed by atoms with E-state index in [1.165, 1.54) is 11.8 Å². The number of aromatic nitrogens is 1. The fraction of sp³-hybridized carbons (Fsp3) is 0.222. The number of thioether (sulfide) groups is 1. The molecule has 0 unspecified atom stereocenters. The quantitative estimate of drug-likeness (QED) is 0.802. The summed E-state index contributed by atoms with van der Waals surface area (Å²) in [4.78, 5) is 16.5. The number of hydrogen-bond acceptors (Lipinski definition) is 6. The van der Waals surface area contributed by atoms with E-state index in [0.717, 1.165) is 11.3 Å². The molecule has 1 aromatic heterocycles. The fourth-order valence-electron chi connectivity index (χ4n) is 2.21. The molecule has 0 aliphatic rings. The van der Waals surface area contributed by atoms with Gasteiger partial charge in [-0.3, -0.25) is 4.79 Å². The molecule has 25 heavy (non-hydrogen) atoms. The number of pyridine rings is 1. The van der Waals surface area contributed by atoms with Crippen LogP contribution < -0.4 is 5.32 Å². The van der Waals surface area contributed by atoms with Crippen LogP contribution in [0.2, 0.25) is 0 Å². The van der Waals surface area contributed by atoms with Gasteiger partial charge >= 0.3 is 0 Å². The second-order valence-electron chi connectivity index (χ2n) is 5.14. The van der Waals surface area contributed by atoms with Crippen LogP contribution in [0, 0.1) is 29.6 Å². The molecule has 1 aromatic carbocycles. The first-order chi connectivity index (χ1) is 12.1.